The molecule has 0 unspecified atom stereocenters. The molecular weight excluding hydrogens is 188 g/mol. The van der Waals surface area contributed by atoms with Crippen LogP contribution in [0, 0.1) is 0 Å². The zero-order chi connectivity index (χ0) is 10.0. The maximum absolute atomic E-state index is 11.1. The lowest BCUT2D eigenvalue weighted by molar-refractivity contribution is 0.0607. The number of hydrogen-bond acceptors (Lipinski definition) is 5. The monoisotopic (exact) mass is 200 g/mol. The van der Waals surface area contributed by atoms with E-state index >= 15 is 0 Å². The van der Waals surface area contributed by atoms with E-state index < -0.39 is 5.97 Å². The Kier molecular flexibility index (Phi) is 2.87. The molecule has 0 radical (unpaired) electrons. The van der Waals surface area contributed by atoms with Crippen molar-refractivity contribution in [3.05, 3.63) is 10.6 Å². The number of anilines is 1. The Morgan fingerprint density at radius 2 is 2.23 bits per heavy atom. The highest BCUT2D eigenvalue weighted by atomic mass is 32.1. The van der Waals surface area contributed by atoms with Crippen molar-refractivity contribution in [2.45, 2.75) is 19.8 Å². The van der Waals surface area contributed by atoms with E-state index in [-0.39, 0.29) is 5.92 Å². The first-order chi connectivity index (χ1) is 6.07. The number of rotatable bonds is 2. The summed E-state index contributed by atoms with van der Waals surface area (Å²) in [6.45, 7) is 3.96. The van der Waals surface area contributed by atoms with Crippen molar-refractivity contribution in [2.24, 2.45) is 0 Å². The fourth-order valence-corrected chi connectivity index (χ4v) is 1.83. The van der Waals surface area contributed by atoms with Crippen LogP contribution in [0.3, 0.4) is 0 Å². The SMILES string of the molecule is COC(=O)c1snc(C(C)C)c1N. The fourth-order valence-electron chi connectivity index (χ4n) is 0.966. The molecule has 0 spiro atoms. The van der Waals surface area contributed by atoms with Gasteiger partial charge in [-0.1, -0.05) is 13.8 Å². The van der Waals surface area contributed by atoms with Gasteiger partial charge in [0.05, 0.1) is 18.5 Å². The molecule has 1 aromatic heterocycles. The zero-order valence-corrected chi connectivity index (χ0v) is 8.64. The summed E-state index contributed by atoms with van der Waals surface area (Å²) in [6.07, 6.45) is 0. The summed E-state index contributed by atoms with van der Waals surface area (Å²) in [5, 5.41) is 0. The van der Waals surface area contributed by atoms with Crippen molar-refractivity contribution in [2.75, 3.05) is 12.8 Å². The van der Waals surface area contributed by atoms with Crippen LogP contribution >= 0.6 is 11.5 Å². The minimum absolute atomic E-state index is 0.231. The summed E-state index contributed by atoms with van der Waals surface area (Å²) in [4.78, 5) is 11.5. The van der Waals surface area contributed by atoms with Crippen LogP contribution in [0.25, 0.3) is 0 Å². The number of carbonyl (C=O) groups excluding carboxylic acids is 1. The van der Waals surface area contributed by atoms with Crippen molar-refractivity contribution in [1.29, 1.82) is 0 Å². The van der Waals surface area contributed by atoms with E-state index in [1.807, 2.05) is 13.8 Å². The van der Waals surface area contributed by atoms with E-state index in [4.69, 9.17) is 5.73 Å². The second kappa shape index (κ2) is 3.74. The maximum Gasteiger partial charge on any atom is 0.351 e. The van der Waals surface area contributed by atoms with Crippen LogP contribution in [0.15, 0.2) is 0 Å². The lowest BCUT2D eigenvalue weighted by Crippen LogP contribution is -2.03. The van der Waals surface area contributed by atoms with Gasteiger partial charge in [0.15, 0.2) is 4.88 Å². The molecule has 1 rings (SSSR count). The summed E-state index contributed by atoms with van der Waals surface area (Å²) in [5.74, 6) is -0.184. The molecular formula is C8H12N2O2S. The Bertz CT molecular complexity index is 320. The van der Waals surface area contributed by atoms with E-state index in [1.165, 1.54) is 7.11 Å². The third-order valence-corrected chi connectivity index (χ3v) is 2.53. The molecule has 0 saturated heterocycles. The highest BCUT2D eigenvalue weighted by Gasteiger charge is 2.19. The number of hydrogen-bond donors (Lipinski definition) is 1. The Morgan fingerprint density at radius 1 is 1.62 bits per heavy atom. The topological polar surface area (TPSA) is 65.2 Å². The van der Waals surface area contributed by atoms with Crippen LogP contribution in [-0.2, 0) is 4.74 Å². The Labute approximate surface area is 80.9 Å². The molecule has 4 nitrogen and oxygen atoms in total. The lowest BCUT2D eigenvalue weighted by atomic mass is 10.1. The van der Waals surface area contributed by atoms with E-state index in [0.717, 1.165) is 17.2 Å². The van der Waals surface area contributed by atoms with E-state index in [9.17, 15) is 4.79 Å². The highest BCUT2D eigenvalue weighted by molar-refractivity contribution is 7.08. The highest BCUT2D eigenvalue weighted by Crippen LogP contribution is 2.27. The van der Waals surface area contributed by atoms with Gasteiger partial charge in [0.2, 0.25) is 0 Å². The Balaban J connectivity index is 3.06. The summed E-state index contributed by atoms with van der Waals surface area (Å²) >= 11 is 1.09. The molecule has 1 heterocycles. The van der Waals surface area contributed by atoms with Gasteiger partial charge in [-0.25, -0.2) is 4.79 Å². The molecule has 0 aliphatic rings. The van der Waals surface area contributed by atoms with Gasteiger partial charge in [0.25, 0.3) is 0 Å². The van der Waals surface area contributed by atoms with Crippen LogP contribution in [0.4, 0.5) is 5.69 Å². The molecule has 5 heteroatoms. The number of nitrogens with two attached hydrogens (primary N) is 1. The average Bonchev–Trinajstić information content (AvgIpc) is 2.46. The van der Waals surface area contributed by atoms with Crippen molar-refractivity contribution in [3.63, 3.8) is 0 Å². The minimum atomic E-state index is -0.415. The molecule has 0 aliphatic carbocycles. The number of esters is 1. The number of nitrogens with zero attached hydrogens (tertiary/aromatic N) is 1. The fraction of sp³-hybridized carbons (Fsp3) is 0.500. The molecule has 0 amide bonds. The average molecular weight is 200 g/mol. The zero-order valence-electron chi connectivity index (χ0n) is 7.83. The van der Waals surface area contributed by atoms with Crippen molar-refractivity contribution in [3.8, 4) is 0 Å². The second-order valence-corrected chi connectivity index (χ2v) is 3.73. The second-order valence-electron chi connectivity index (χ2n) is 2.96. The van der Waals surface area contributed by atoms with Gasteiger partial charge >= 0.3 is 5.97 Å². The van der Waals surface area contributed by atoms with Crippen LogP contribution in [-0.4, -0.2) is 17.5 Å². The number of aromatic nitrogens is 1. The number of nitrogen functional groups attached to an aromatic ring is 1. The minimum Gasteiger partial charge on any atom is -0.465 e. The van der Waals surface area contributed by atoms with Gasteiger partial charge in [-0.2, -0.15) is 4.37 Å². The van der Waals surface area contributed by atoms with Gasteiger partial charge in [-0.05, 0) is 17.5 Å². The van der Waals surface area contributed by atoms with E-state index in [2.05, 4.69) is 9.11 Å². The Hall–Kier alpha value is -1.10. The van der Waals surface area contributed by atoms with E-state index in [0.29, 0.717) is 10.6 Å². The standard InChI is InChI=1S/C8H12N2O2S/c1-4(2)6-5(9)7(13-10-6)8(11)12-3/h4H,9H2,1-3H3. The van der Waals surface area contributed by atoms with Crippen LogP contribution < -0.4 is 5.73 Å². The summed E-state index contributed by atoms with van der Waals surface area (Å²) in [7, 11) is 1.33. The van der Waals surface area contributed by atoms with Crippen LogP contribution in [0.1, 0.15) is 35.1 Å². The van der Waals surface area contributed by atoms with Crippen molar-refractivity contribution in [1.82, 2.24) is 4.37 Å². The normalized spacial score (nSPS) is 10.5. The molecule has 0 bridgehead atoms. The molecule has 0 aliphatic heterocycles. The van der Waals surface area contributed by atoms with Crippen molar-refractivity contribution >= 4 is 23.2 Å². The van der Waals surface area contributed by atoms with Gasteiger partial charge in [-0.3, -0.25) is 0 Å². The first-order valence-electron chi connectivity index (χ1n) is 3.91. The first kappa shape index (κ1) is 9.98. The van der Waals surface area contributed by atoms with Gasteiger partial charge in [-0.15, -0.1) is 0 Å². The first-order valence-corrected chi connectivity index (χ1v) is 4.68. The molecule has 0 atom stereocenters. The number of ether oxygens (including phenoxy) is 1. The molecule has 0 fully saturated rings. The summed E-state index contributed by atoms with van der Waals surface area (Å²) in [5.41, 5.74) is 6.95. The van der Waals surface area contributed by atoms with E-state index in [1.54, 1.807) is 0 Å². The number of methoxy groups -OCH3 is 1. The largest absolute Gasteiger partial charge is 0.465 e. The third-order valence-electron chi connectivity index (χ3n) is 1.67. The molecule has 0 saturated carbocycles. The van der Waals surface area contributed by atoms with Crippen molar-refractivity contribution < 1.29 is 9.53 Å². The smallest absolute Gasteiger partial charge is 0.351 e. The molecule has 0 aromatic carbocycles. The van der Waals surface area contributed by atoms with Crippen LogP contribution in [0.5, 0.6) is 0 Å². The quantitative estimate of drug-likeness (QED) is 0.737. The van der Waals surface area contributed by atoms with Gasteiger partial charge in [0.1, 0.15) is 0 Å². The predicted molar refractivity (Wildman–Crippen MR) is 52.0 cm³/mol. The third kappa shape index (κ3) is 1.80. The predicted octanol–water partition coefficient (Wildman–Crippen LogP) is 1.64. The van der Waals surface area contributed by atoms with Gasteiger partial charge < -0.3 is 10.5 Å². The molecule has 72 valence electrons. The molecule has 13 heavy (non-hydrogen) atoms. The Morgan fingerprint density at radius 3 is 2.62 bits per heavy atom. The number of carbonyl (C=O) groups is 1. The summed E-state index contributed by atoms with van der Waals surface area (Å²) < 4.78 is 8.66. The molecule has 1 aromatic rings. The van der Waals surface area contributed by atoms with Gasteiger partial charge in [0, 0.05) is 0 Å². The maximum atomic E-state index is 11.1. The molecule has 2 N–H and O–H groups in total. The summed E-state index contributed by atoms with van der Waals surface area (Å²) in [6, 6.07) is 0. The van der Waals surface area contributed by atoms with Crippen LogP contribution in [0.2, 0.25) is 0 Å². The lowest BCUT2D eigenvalue weighted by Gasteiger charge is -2.01.